The molecular weight excluding hydrogens is 282 g/mol. The van der Waals surface area contributed by atoms with Crippen molar-refractivity contribution in [2.24, 2.45) is 5.92 Å². The summed E-state index contributed by atoms with van der Waals surface area (Å²) in [5.74, 6) is -0.607. The predicted molar refractivity (Wildman–Crippen MR) is 84.9 cm³/mol. The van der Waals surface area contributed by atoms with E-state index in [1.807, 2.05) is 45.0 Å². The maximum absolute atomic E-state index is 12.1. The van der Waals surface area contributed by atoms with Gasteiger partial charge in [0.25, 0.3) is 5.91 Å². The molecule has 0 aliphatic carbocycles. The summed E-state index contributed by atoms with van der Waals surface area (Å²) in [6.45, 7) is 7.46. The second kappa shape index (κ2) is 8.41. The fraction of sp³-hybridized carbons (Fsp3) is 0.529. The van der Waals surface area contributed by atoms with E-state index in [-0.39, 0.29) is 5.92 Å². The van der Waals surface area contributed by atoms with Crippen molar-refractivity contribution >= 4 is 11.9 Å². The fourth-order valence-corrected chi connectivity index (χ4v) is 2.14. The lowest BCUT2D eigenvalue weighted by Crippen LogP contribution is -2.46. The summed E-state index contributed by atoms with van der Waals surface area (Å²) in [6, 6.07) is 6.63. The van der Waals surface area contributed by atoms with Gasteiger partial charge in [0.15, 0.2) is 6.10 Å². The van der Waals surface area contributed by atoms with Gasteiger partial charge in [0, 0.05) is 0 Å². The van der Waals surface area contributed by atoms with Gasteiger partial charge in [-0.2, -0.15) is 0 Å². The first-order valence-electron chi connectivity index (χ1n) is 7.62. The molecule has 2 atom stereocenters. The molecule has 2 unspecified atom stereocenters. The highest BCUT2D eigenvalue weighted by Crippen LogP contribution is 2.19. The third kappa shape index (κ3) is 5.39. The Balaban J connectivity index is 2.69. The van der Waals surface area contributed by atoms with Crippen molar-refractivity contribution in [2.75, 3.05) is 0 Å². The van der Waals surface area contributed by atoms with Gasteiger partial charge < -0.3 is 15.2 Å². The summed E-state index contributed by atoms with van der Waals surface area (Å²) < 4.78 is 5.68. The normalized spacial score (nSPS) is 13.5. The Morgan fingerprint density at radius 1 is 1.23 bits per heavy atom. The maximum atomic E-state index is 12.1. The van der Waals surface area contributed by atoms with Gasteiger partial charge in [0.05, 0.1) is 0 Å². The quantitative estimate of drug-likeness (QED) is 0.774. The number of carbonyl (C=O) groups is 2. The van der Waals surface area contributed by atoms with Crippen LogP contribution in [0.3, 0.4) is 0 Å². The Bertz CT molecular complexity index is 513. The second-order valence-electron chi connectivity index (χ2n) is 5.75. The van der Waals surface area contributed by atoms with Crippen LogP contribution in [-0.4, -0.2) is 29.1 Å². The molecule has 1 rings (SSSR count). The summed E-state index contributed by atoms with van der Waals surface area (Å²) in [5, 5.41) is 11.7. The van der Waals surface area contributed by atoms with Crippen LogP contribution in [0.5, 0.6) is 5.75 Å². The van der Waals surface area contributed by atoms with E-state index in [4.69, 9.17) is 9.84 Å². The summed E-state index contributed by atoms with van der Waals surface area (Å²) in [4.78, 5) is 23.3. The molecule has 22 heavy (non-hydrogen) atoms. The molecule has 0 aliphatic heterocycles. The third-order valence-corrected chi connectivity index (χ3v) is 3.35. The minimum atomic E-state index is -1.02. The number of aliphatic carboxylic acids is 1. The Labute approximate surface area is 131 Å². The third-order valence-electron chi connectivity index (χ3n) is 3.35. The van der Waals surface area contributed by atoms with E-state index >= 15 is 0 Å². The SMILES string of the molecule is CCc1ccccc1OC(C)C(=O)NC(CC(C)C)C(=O)O. The molecular formula is C17H25NO4. The first kappa shape index (κ1) is 18.0. The van der Waals surface area contributed by atoms with Crippen molar-refractivity contribution in [3.63, 3.8) is 0 Å². The van der Waals surface area contributed by atoms with Crippen molar-refractivity contribution in [1.82, 2.24) is 5.32 Å². The number of rotatable bonds is 8. The highest BCUT2D eigenvalue weighted by Gasteiger charge is 2.24. The Kier molecular flexibility index (Phi) is 6.89. The maximum Gasteiger partial charge on any atom is 0.326 e. The van der Waals surface area contributed by atoms with Crippen LogP contribution in [0.1, 0.15) is 39.7 Å². The predicted octanol–water partition coefficient (Wildman–Crippen LogP) is 2.63. The molecule has 5 heteroatoms. The smallest absolute Gasteiger partial charge is 0.326 e. The van der Waals surface area contributed by atoms with Gasteiger partial charge in [-0.1, -0.05) is 39.0 Å². The Morgan fingerprint density at radius 2 is 1.86 bits per heavy atom. The second-order valence-corrected chi connectivity index (χ2v) is 5.75. The zero-order chi connectivity index (χ0) is 16.7. The van der Waals surface area contributed by atoms with Crippen molar-refractivity contribution in [1.29, 1.82) is 0 Å². The molecule has 0 spiro atoms. The van der Waals surface area contributed by atoms with Crippen LogP contribution < -0.4 is 10.1 Å². The van der Waals surface area contributed by atoms with E-state index in [0.717, 1.165) is 12.0 Å². The molecule has 0 aromatic heterocycles. The van der Waals surface area contributed by atoms with Crippen LogP contribution in [0.4, 0.5) is 0 Å². The van der Waals surface area contributed by atoms with Gasteiger partial charge in [-0.05, 0) is 37.3 Å². The van der Waals surface area contributed by atoms with Gasteiger partial charge >= 0.3 is 5.97 Å². The van der Waals surface area contributed by atoms with Crippen LogP contribution in [-0.2, 0) is 16.0 Å². The first-order valence-corrected chi connectivity index (χ1v) is 7.62. The minimum Gasteiger partial charge on any atom is -0.481 e. The van der Waals surface area contributed by atoms with Crippen LogP contribution in [0, 0.1) is 5.92 Å². The van der Waals surface area contributed by atoms with Gasteiger partial charge in [-0.3, -0.25) is 4.79 Å². The van der Waals surface area contributed by atoms with Crippen LogP contribution in [0.25, 0.3) is 0 Å². The van der Waals surface area contributed by atoms with Gasteiger partial charge in [-0.15, -0.1) is 0 Å². The van der Waals surface area contributed by atoms with Crippen molar-refractivity contribution in [3.05, 3.63) is 29.8 Å². The Morgan fingerprint density at radius 3 is 2.41 bits per heavy atom. The molecule has 122 valence electrons. The minimum absolute atomic E-state index is 0.179. The molecule has 0 saturated heterocycles. The number of nitrogens with one attached hydrogen (secondary N) is 1. The molecule has 0 saturated carbocycles. The molecule has 0 fully saturated rings. The molecule has 1 aromatic carbocycles. The number of hydrogen-bond acceptors (Lipinski definition) is 3. The number of carboxylic acid groups (broad SMARTS) is 1. The van der Waals surface area contributed by atoms with E-state index in [9.17, 15) is 9.59 Å². The molecule has 0 aliphatic rings. The standard InChI is InChI=1S/C17H25NO4/c1-5-13-8-6-7-9-15(13)22-12(4)16(19)18-14(17(20)21)10-11(2)3/h6-9,11-12,14H,5,10H2,1-4H3,(H,18,19)(H,20,21). The summed E-state index contributed by atoms with van der Waals surface area (Å²) in [7, 11) is 0. The number of para-hydroxylation sites is 1. The van der Waals surface area contributed by atoms with Crippen molar-refractivity contribution < 1.29 is 19.4 Å². The highest BCUT2D eigenvalue weighted by molar-refractivity contribution is 5.86. The van der Waals surface area contributed by atoms with E-state index in [0.29, 0.717) is 12.2 Å². The number of amides is 1. The number of benzene rings is 1. The van der Waals surface area contributed by atoms with E-state index in [1.54, 1.807) is 6.92 Å². The number of carbonyl (C=O) groups excluding carboxylic acids is 1. The number of hydrogen-bond donors (Lipinski definition) is 2. The number of aryl methyl sites for hydroxylation is 1. The molecule has 1 amide bonds. The monoisotopic (exact) mass is 307 g/mol. The van der Waals surface area contributed by atoms with Gasteiger partial charge in [0.1, 0.15) is 11.8 Å². The van der Waals surface area contributed by atoms with Crippen LogP contribution >= 0.6 is 0 Å². The van der Waals surface area contributed by atoms with Crippen molar-refractivity contribution in [2.45, 2.75) is 52.7 Å². The molecule has 0 bridgehead atoms. The van der Waals surface area contributed by atoms with E-state index in [2.05, 4.69) is 5.32 Å². The first-order chi connectivity index (χ1) is 10.3. The van der Waals surface area contributed by atoms with Crippen LogP contribution in [0.2, 0.25) is 0 Å². The molecule has 0 heterocycles. The molecule has 1 aromatic rings. The van der Waals surface area contributed by atoms with Gasteiger partial charge in [-0.25, -0.2) is 4.79 Å². The fourth-order valence-electron chi connectivity index (χ4n) is 2.14. The summed E-state index contributed by atoms with van der Waals surface area (Å²) in [6.07, 6.45) is 0.441. The van der Waals surface area contributed by atoms with E-state index < -0.39 is 24.0 Å². The highest BCUT2D eigenvalue weighted by atomic mass is 16.5. The lowest BCUT2D eigenvalue weighted by atomic mass is 10.0. The van der Waals surface area contributed by atoms with E-state index in [1.165, 1.54) is 0 Å². The largest absolute Gasteiger partial charge is 0.481 e. The average Bonchev–Trinajstić information content (AvgIpc) is 2.46. The molecule has 0 radical (unpaired) electrons. The molecule has 2 N–H and O–H groups in total. The lowest BCUT2D eigenvalue weighted by Gasteiger charge is -2.21. The average molecular weight is 307 g/mol. The Hall–Kier alpha value is -2.04. The summed E-state index contributed by atoms with van der Waals surface area (Å²) in [5.41, 5.74) is 1.01. The summed E-state index contributed by atoms with van der Waals surface area (Å²) >= 11 is 0. The molecule has 5 nitrogen and oxygen atoms in total. The van der Waals surface area contributed by atoms with Gasteiger partial charge in [0.2, 0.25) is 0 Å². The topological polar surface area (TPSA) is 75.6 Å². The number of carboxylic acids is 1. The zero-order valence-corrected chi connectivity index (χ0v) is 13.6. The number of ether oxygens (including phenoxy) is 1. The van der Waals surface area contributed by atoms with Crippen LogP contribution in [0.15, 0.2) is 24.3 Å². The van der Waals surface area contributed by atoms with Crippen molar-refractivity contribution in [3.8, 4) is 5.75 Å². The zero-order valence-electron chi connectivity index (χ0n) is 13.6. The lowest BCUT2D eigenvalue weighted by molar-refractivity contribution is -0.143.